The van der Waals surface area contributed by atoms with E-state index < -0.39 is 12.1 Å². The summed E-state index contributed by atoms with van der Waals surface area (Å²) in [4.78, 5) is 27.8. The van der Waals surface area contributed by atoms with E-state index >= 15 is 0 Å². The van der Waals surface area contributed by atoms with Crippen molar-refractivity contribution in [1.82, 2.24) is 20.2 Å². The van der Waals surface area contributed by atoms with Crippen LogP contribution in [0.3, 0.4) is 0 Å². The highest BCUT2D eigenvalue weighted by Gasteiger charge is 2.19. The van der Waals surface area contributed by atoms with Gasteiger partial charge in [0.05, 0.1) is 17.4 Å². The Morgan fingerprint density at radius 1 is 1.29 bits per heavy atom. The smallest absolute Gasteiger partial charge is 0.321 e. The van der Waals surface area contributed by atoms with Crippen LogP contribution in [0.4, 0.5) is 4.79 Å². The molecule has 6 nitrogen and oxygen atoms in total. The second-order valence-electron chi connectivity index (χ2n) is 5.10. The standard InChI is InChI=1S/C15H20N4O2/c1-5-16-15(21)18-14(20)11(4)19-8-17-12-6-9(2)10(3)7-13(12)19/h6-8,11H,5H2,1-4H3,(H2,16,18,20,21). The number of imide groups is 1. The zero-order valence-corrected chi connectivity index (χ0v) is 12.7. The van der Waals surface area contributed by atoms with Gasteiger partial charge in [-0.15, -0.1) is 0 Å². The van der Waals surface area contributed by atoms with Gasteiger partial charge in [0.15, 0.2) is 0 Å². The first-order chi connectivity index (χ1) is 9.93. The molecule has 1 unspecified atom stereocenters. The Kier molecular flexibility index (Phi) is 4.26. The Morgan fingerprint density at radius 3 is 2.62 bits per heavy atom. The average Bonchev–Trinajstić information content (AvgIpc) is 2.81. The van der Waals surface area contributed by atoms with E-state index in [9.17, 15) is 9.59 Å². The van der Waals surface area contributed by atoms with Crippen molar-refractivity contribution >= 4 is 23.0 Å². The number of nitrogens with zero attached hydrogens (tertiary/aromatic N) is 2. The summed E-state index contributed by atoms with van der Waals surface area (Å²) in [7, 11) is 0. The molecule has 21 heavy (non-hydrogen) atoms. The van der Waals surface area contributed by atoms with Crippen molar-refractivity contribution in [3.8, 4) is 0 Å². The maximum absolute atomic E-state index is 12.1. The zero-order valence-electron chi connectivity index (χ0n) is 12.7. The summed E-state index contributed by atoms with van der Waals surface area (Å²) in [5.74, 6) is -0.363. The normalized spacial score (nSPS) is 12.2. The van der Waals surface area contributed by atoms with Gasteiger partial charge in [-0.25, -0.2) is 9.78 Å². The minimum Gasteiger partial charge on any atom is -0.338 e. The fraction of sp³-hybridized carbons (Fsp3) is 0.400. The summed E-state index contributed by atoms with van der Waals surface area (Å²) >= 11 is 0. The van der Waals surface area contributed by atoms with Crippen LogP contribution >= 0.6 is 0 Å². The second-order valence-corrected chi connectivity index (χ2v) is 5.10. The summed E-state index contributed by atoms with van der Waals surface area (Å²) in [6.07, 6.45) is 1.63. The van der Waals surface area contributed by atoms with E-state index in [2.05, 4.69) is 15.6 Å². The monoisotopic (exact) mass is 288 g/mol. The second kappa shape index (κ2) is 5.95. The van der Waals surface area contributed by atoms with Gasteiger partial charge in [-0.1, -0.05) is 0 Å². The number of urea groups is 1. The number of benzene rings is 1. The van der Waals surface area contributed by atoms with Gasteiger partial charge in [0.25, 0.3) is 5.91 Å². The quantitative estimate of drug-likeness (QED) is 0.907. The molecule has 1 aromatic heterocycles. The first kappa shape index (κ1) is 15.0. The van der Waals surface area contributed by atoms with E-state index in [1.54, 1.807) is 24.7 Å². The molecule has 0 saturated carbocycles. The van der Waals surface area contributed by atoms with E-state index in [4.69, 9.17) is 0 Å². The molecule has 3 amide bonds. The lowest BCUT2D eigenvalue weighted by atomic mass is 10.1. The number of aryl methyl sites for hydroxylation is 2. The van der Waals surface area contributed by atoms with Crippen molar-refractivity contribution in [2.24, 2.45) is 0 Å². The van der Waals surface area contributed by atoms with Crippen molar-refractivity contribution in [2.45, 2.75) is 33.7 Å². The van der Waals surface area contributed by atoms with Crippen LogP contribution in [0.15, 0.2) is 18.5 Å². The molecule has 1 atom stereocenters. The number of nitrogens with one attached hydrogen (secondary N) is 2. The highest BCUT2D eigenvalue weighted by atomic mass is 16.2. The Balaban J connectivity index is 2.27. The number of fused-ring (bicyclic) bond motifs is 1. The molecule has 0 radical (unpaired) electrons. The fourth-order valence-electron chi connectivity index (χ4n) is 2.14. The molecule has 0 bridgehead atoms. The molecule has 0 fully saturated rings. The maximum atomic E-state index is 12.1. The van der Waals surface area contributed by atoms with Crippen molar-refractivity contribution in [1.29, 1.82) is 0 Å². The minimum absolute atomic E-state index is 0.363. The summed E-state index contributed by atoms with van der Waals surface area (Å²) in [6, 6.07) is 3.01. The predicted molar refractivity (Wildman–Crippen MR) is 81.1 cm³/mol. The van der Waals surface area contributed by atoms with Crippen molar-refractivity contribution < 1.29 is 9.59 Å². The van der Waals surface area contributed by atoms with Crippen LogP contribution < -0.4 is 10.6 Å². The van der Waals surface area contributed by atoms with Crippen molar-refractivity contribution in [3.05, 3.63) is 29.6 Å². The van der Waals surface area contributed by atoms with Gasteiger partial charge in [0.1, 0.15) is 6.04 Å². The lowest BCUT2D eigenvalue weighted by Crippen LogP contribution is -2.42. The molecule has 2 N–H and O–H groups in total. The SMILES string of the molecule is CCNC(=O)NC(=O)C(C)n1cnc2cc(C)c(C)cc21. The van der Waals surface area contributed by atoms with E-state index in [1.807, 2.05) is 26.0 Å². The Morgan fingerprint density at radius 2 is 1.95 bits per heavy atom. The van der Waals surface area contributed by atoms with E-state index in [0.29, 0.717) is 6.54 Å². The van der Waals surface area contributed by atoms with Gasteiger partial charge in [0.2, 0.25) is 0 Å². The van der Waals surface area contributed by atoms with Gasteiger partial charge < -0.3 is 9.88 Å². The Bertz CT molecular complexity index is 690. The molecule has 2 aromatic rings. The van der Waals surface area contributed by atoms with Crippen LogP contribution in [0.1, 0.15) is 31.0 Å². The van der Waals surface area contributed by atoms with Crippen LogP contribution in [-0.2, 0) is 4.79 Å². The summed E-state index contributed by atoms with van der Waals surface area (Å²) < 4.78 is 1.77. The number of imidazole rings is 1. The molecule has 2 rings (SSSR count). The fourth-order valence-corrected chi connectivity index (χ4v) is 2.14. The highest BCUT2D eigenvalue weighted by Crippen LogP contribution is 2.21. The molecule has 0 aliphatic heterocycles. The van der Waals surface area contributed by atoms with Crippen LogP contribution in [-0.4, -0.2) is 28.0 Å². The third-order valence-corrected chi connectivity index (χ3v) is 3.56. The predicted octanol–water partition coefficient (Wildman–Crippen LogP) is 2.06. The molecule has 1 heterocycles. The lowest BCUT2D eigenvalue weighted by molar-refractivity contribution is -0.122. The number of aromatic nitrogens is 2. The van der Waals surface area contributed by atoms with E-state index in [0.717, 1.165) is 22.2 Å². The van der Waals surface area contributed by atoms with Crippen LogP contribution in [0.2, 0.25) is 0 Å². The minimum atomic E-state index is -0.514. The lowest BCUT2D eigenvalue weighted by Gasteiger charge is -2.14. The van der Waals surface area contributed by atoms with Gasteiger partial charge in [0, 0.05) is 6.54 Å². The molecular weight excluding hydrogens is 268 g/mol. The first-order valence-electron chi connectivity index (χ1n) is 6.96. The molecule has 6 heteroatoms. The van der Waals surface area contributed by atoms with Gasteiger partial charge in [-0.05, 0) is 51.0 Å². The summed E-state index contributed by atoms with van der Waals surface area (Å²) in [5, 5.41) is 4.86. The summed E-state index contributed by atoms with van der Waals surface area (Å²) in [5.41, 5.74) is 4.03. The van der Waals surface area contributed by atoms with Crippen molar-refractivity contribution in [3.63, 3.8) is 0 Å². The largest absolute Gasteiger partial charge is 0.338 e. The van der Waals surface area contributed by atoms with Crippen molar-refractivity contribution in [2.75, 3.05) is 6.54 Å². The Labute approximate surface area is 123 Å². The van der Waals surface area contributed by atoms with Gasteiger partial charge >= 0.3 is 6.03 Å². The molecule has 0 saturated heterocycles. The molecule has 0 spiro atoms. The van der Waals surface area contributed by atoms with Crippen LogP contribution in [0.25, 0.3) is 11.0 Å². The molecule has 0 aliphatic carbocycles. The molecule has 1 aromatic carbocycles. The number of carbonyl (C=O) groups excluding carboxylic acids is 2. The van der Waals surface area contributed by atoms with Gasteiger partial charge in [-0.2, -0.15) is 0 Å². The number of carbonyl (C=O) groups is 2. The third kappa shape index (κ3) is 3.04. The first-order valence-corrected chi connectivity index (χ1v) is 6.96. The third-order valence-electron chi connectivity index (χ3n) is 3.56. The average molecular weight is 288 g/mol. The highest BCUT2D eigenvalue weighted by molar-refractivity contribution is 5.96. The molecular formula is C15H20N4O2. The van der Waals surface area contributed by atoms with E-state index in [-0.39, 0.29) is 5.91 Å². The van der Waals surface area contributed by atoms with Crippen LogP contribution in [0.5, 0.6) is 0 Å². The zero-order chi connectivity index (χ0) is 15.6. The Hall–Kier alpha value is -2.37. The molecule has 0 aliphatic rings. The summed E-state index contributed by atoms with van der Waals surface area (Å²) in [6.45, 7) is 8.05. The number of hydrogen-bond donors (Lipinski definition) is 2. The van der Waals surface area contributed by atoms with Gasteiger partial charge in [-0.3, -0.25) is 10.1 Å². The van der Waals surface area contributed by atoms with E-state index in [1.165, 1.54) is 0 Å². The number of amides is 3. The number of hydrogen-bond acceptors (Lipinski definition) is 3. The maximum Gasteiger partial charge on any atom is 0.321 e. The molecule has 112 valence electrons. The van der Waals surface area contributed by atoms with Crippen LogP contribution in [0, 0.1) is 13.8 Å². The number of rotatable bonds is 3. The topological polar surface area (TPSA) is 76.0 Å².